The molecule has 0 aliphatic heterocycles. The Labute approximate surface area is 142 Å². The van der Waals surface area contributed by atoms with Crippen molar-refractivity contribution in [3.63, 3.8) is 0 Å². The van der Waals surface area contributed by atoms with Crippen molar-refractivity contribution in [3.05, 3.63) is 53.1 Å². The van der Waals surface area contributed by atoms with E-state index < -0.39 is 8.07 Å². The summed E-state index contributed by atoms with van der Waals surface area (Å²) in [6.07, 6.45) is 7.94. The van der Waals surface area contributed by atoms with E-state index in [9.17, 15) is 0 Å². The molecule has 1 atom stereocenters. The molecular formula is C19H25SiTi. The van der Waals surface area contributed by atoms with Crippen molar-refractivity contribution in [3.8, 4) is 0 Å². The number of benzene rings is 1. The van der Waals surface area contributed by atoms with Crippen LogP contribution in [0, 0.1) is 0 Å². The fraction of sp³-hybridized carbons (Fsp3) is 0.474. The maximum absolute atomic E-state index is 2.54. The van der Waals surface area contributed by atoms with Crippen LogP contribution in [-0.4, -0.2) is 8.07 Å². The second-order valence-electron chi connectivity index (χ2n) is 7.37. The summed E-state index contributed by atoms with van der Waals surface area (Å²) in [7, 11) is -1.41. The van der Waals surface area contributed by atoms with Crippen molar-refractivity contribution in [2.75, 3.05) is 0 Å². The second-order valence-corrected chi connectivity index (χ2v) is 13.4. The first-order valence-corrected chi connectivity index (χ1v) is 12.1. The number of allylic oxidation sites excluding steroid dienone is 4. The van der Waals surface area contributed by atoms with E-state index in [2.05, 4.69) is 76.9 Å². The van der Waals surface area contributed by atoms with E-state index in [1.54, 1.807) is 21.9 Å². The third kappa shape index (κ3) is 2.81. The van der Waals surface area contributed by atoms with E-state index in [0.29, 0.717) is 3.72 Å². The Morgan fingerprint density at radius 1 is 1.10 bits per heavy atom. The van der Waals surface area contributed by atoms with Gasteiger partial charge >= 0.3 is 142 Å². The number of rotatable bonds is 3. The molecule has 0 amide bonds. The van der Waals surface area contributed by atoms with Gasteiger partial charge in [0.15, 0.2) is 0 Å². The molecule has 0 spiro atoms. The Bertz CT molecular complexity index is 597. The molecule has 0 nitrogen and oxygen atoms in total. The molecule has 2 aliphatic carbocycles. The van der Waals surface area contributed by atoms with Gasteiger partial charge in [0.2, 0.25) is 0 Å². The fourth-order valence-corrected chi connectivity index (χ4v) is 9.84. The van der Waals surface area contributed by atoms with Gasteiger partial charge in [-0.2, -0.15) is 0 Å². The quantitative estimate of drug-likeness (QED) is 0.674. The zero-order valence-corrected chi connectivity index (χ0v) is 16.1. The third-order valence-corrected chi connectivity index (χ3v) is 10.6. The molecule has 2 aliphatic rings. The molecular weight excluding hydrogens is 304 g/mol. The fourth-order valence-electron chi connectivity index (χ4n) is 4.10. The van der Waals surface area contributed by atoms with E-state index in [1.807, 2.05) is 0 Å². The predicted octanol–water partition coefficient (Wildman–Crippen LogP) is 5.14. The molecule has 0 saturated heterocycles. The van der Waals surface area contributed by atoms with Gasteiger partial charge in [-0.05, 0) is 0 Å². The molecule has 109 valence electrons. The van der Waals surface area contributed by atoms with Crippen molar-refractivity contribution in [2.24, 2.45) is 0 Å². The summed E-state index contributed by atoms with van der Waals surface area (Å²) in [5.74, 6) is 0. The van der Waals surface area contributed by atoms with Gasteiger partial charge < -0.3 is 0 Å². The summed E-state index contributed by atoms with van der Waals surface area (Å²) in [5, 5.41) is 1.60. The Hall–Kier alpha value is -0.369. The van der Waals surface area contributed by atoms with E-state index in [0.717, 1.165) is 0 Å². The minimum absolute atomic E-state index is 0.335. The number of hydrogen-bond acceptors (Lipinski definition) is 0. The van der Waals surface area contributed by atoms with Crippen LogP contribution in [0.3, 0.4) is 0 Å². The van der Waals surface area contributed by atoms with E-state index in [4.69, 9.17) is 0 Å². The van der Waals surface area contributed by atoms with Crippen molar-refractivity contribution in [2.45, 2.75) is 55.5 Å². The van der Waals surface area contributed by atoms with E-state index >= 15 is 0 Å². The minimum atomic E-state index is -1.41. The summed E-state index contributed by atoms with van der Waals surface area (Å²) in [5.41, 5.74) is 5.08. The molecule has 0 heterocycles. The molecule has 0 fully saturated rings. The van der Waals surface area contributed by atoms with Crippen LogP contribution in [0.25, 0.3) is 0 Å². The van der Waals surface area contributed by atoms with Crippen LogP contribution in [0.1, 0.15) is 32.6 Å². The average Bonchev–Trinajstić information content (AvgIpc) is 2.71. The molecule has 0 N–H and O–H groups in total. The first kappa shape index (κ1) is 15.5. The van der Waals surface area contributed by atoms with Gasteiger partial charge in [0.25, 0.3) is 0 Å². The first-order chi connectivity index (χ1) is 9.93. The van der Waals surface area contributed by atoms with Gasteiger partial charge in [-0.25, -0.2) is 0 Å². The van der Waals surface area contributed by atoms with Crippen molar-refractivity contribution in [1.82, 2.24) is 0 Å². The van der Waals surface area contributed by atoms with Crippen molar-refractivity contribution >= 4 is 13.3 Å². The Morgan fingerprint density at radius 2 is 1.76 bits per heavy atom. The molecule has 1 aromatic carbocycles. The Morgan fingerprint density at radius 3 is 2.48 bits per heavy atom. The molecule has 0 bridgehead atoms. The van der Waals surface area contributed by atoms with E-state index in [-0.39, 0.29) is 0 Å². The normalized spacial score (nSPS) is 25.7. The van der Waals surface area contributed by atoms with Crippen molar-refractivity contribution in [1.29, 1.82) is 0 Å². The summed E-state index contributed by atoms with van der Waals surface area (Å²) >= 11 is 2.52. The molecule has 0 radical (unpaired) electrons. The average molecular weight is 329 g/mol. The third-order valence-electron chi connectivity index (χ3n) is 5.35. The SMILES string of the molecule is CC1=CC2=C(CCCC2)[C]1([Ti])C[Si](C)(C)c1ccccc1. The topological polar surface area (TPSA) is 0 Å². The zero-order valence-electron chi connectivity index (χ0n) is 13.5. The summed E-state index contributed by atoms with van der Waals surface area (Å²) in [6.45, 7) is 7.46. The van der Waals surface area contributed by atoms with Crippen LogP contribution in [-0.2, 0) is 20.4 Å². The zero-order chi connectivity index (χ0) is 15.1. The molecule has 1 aromatic rings. The van der Waals surface area contributed by atoms with Gasteiger partial charge in [-0.15, -0.1) is 0 Å². The molecule has 0 aromatic heterocycles. The van der Waals surface area contributed by atoms with Crippen LogP contribution in [0.2, 0.25) is 22.9 Å². The maximum atomic E-state index is 2.54. The number of hydrogen-bond donors (Lipinski definition) is 0. The second kappa shape index (κ2) is 5.68. The van der Waals surface area contributed by atoms with Crippen LogP contribution in [0.4, 0.5) is 0 Å². The van der Waals surface area contributed by atoms with Crippen LogP contribution in [0.15, 0.2) is 53.1 Å². The van der Waals surface area contributed by atoms with Crippen molar-refractivity contribution < 1.29 is 20.4 Å². The van der Waals surface area contributed by atoms with Gasteiger partial charge in [-0.3, -0.25) is 0 Å². The summed E-state index contributed by atoms with van der Waals surface area (Å²) in [6, 6.07) is 12.6. The summed E-state index contributed by atoms with van der Waals surface area (Å²) in [4.78, 5) is 0. The Balaban J connectivity index is 1.93. The summed E-state index contributed by atoms with van der Waals surface area (Å²) < 4.78 is 0.335. The monoisotopic (exact) mass is 329 g/mol. The predicted molar refractivity (Wildman–Crippen MR) is 90.3 cm³/mol. The van der Waals surface area contributed by atoms with Gasteiger partial charge in [0, 0.05) is 0 Å². The molecule has 0 saturated carbocycles. The van der Waals surface area contributed by atoms with Gasteiger partial charge in [-0.1, -0.05) is 0 Å². The van der Waals surface area contributed by atoms with Crippen LogP contribution < -0.4 is 5.19 Å². The molecule has 3 rings (SSSR count). The first-order valence-electron chi connectivity index (χ1n) is 8.15. The molecule has 1 unspecified atom stereocenters. The molecule has 21 heavy (non-hydrogen) atoms. The Kier molecular flexibility index (Phi) is 4.20. The molecule has 2 heteroatoms. The standard InChI is InChI=1S/C19H25Si.Ti/c1-15-13-16-9-7-8-12-18(16)19(15)14-20(2,3)17-10-5-4-6-11-17;/h4-6,10-11,13H,7-9,12,14H2,1-3H3;. The van der Waals surface area contributed by atoms with E-state index in [1.165, 1.54) is 31.7 Å². The van der Waals surface area contributed by atoms with Gasteiger partial charge in [0.05, 0.1) is 0 Å². The van der Waals surface area contributed by atoms with Crippen LogP contribution >= 0.6 is 0 Å². The van der Waals surface area contributed by atoms with Crippen LogP contribution in [0.5, 0.6) is 0 Å². The van der Waals surface area contributed by atoms with Gasteiger partial charge in [0.1, 0.15) is 0 Å².